The quantitative estimate of drug-likeness (QED) is 0.664. The van der Waals surface area contributed by atoms with Gasteiger partial charge in [0.1, 0.15) is 11.5 Å². The second kappa shape index (κ2) is 4.39. The molecule has 7 nitrogen and oxygen atoms in total. The van der Waals surface area contributed by atoms with E-state index in [1.807, 2.05) is 6.07 Å². The summed E-state index contributed by atoms with van der Waals surface area (Å²) < 4.78 is 10.7. The first-order valence-corrected chi connectivity index (χ1v) is 6.61. The van der Waals surface area contributed by atoms with Crippen molar-refractivity contribution in [2.45, 2.75) is 0 Å². The number of ether oxygens (including phenoxy) is 2. The number of benzene rings is 1. The Morgan fingerprint density at radius 2 is 1.95 bits per heavy atom. The van der Waals surface area contributed by atoms with E-state index in [0.29, 0.717) is 34.1 Å². The molecule has 4 rings (SSSR count). The Morgan fingerprint density at radius 3 is 2.73 bits per heavy atom. The van der Waals surface area contributed by atoms with Gasteiger partial charge in [-0.3, -0.25) is 4.79 Å². The lowest BCUT2D eigenvalue weighted by molar-refractivity contribution is 0.100. The van der Waals surface area contributed by atoms with Gasteiger partial charge in [0.15, 0.2) is 11.5 Å². The number of nitrogens with two attached hydrogens (primary N) is 2. The number of carbonyl (C=O) groups is 1. The number of carbonyl (C=O) groups excluding carboxylic acids is 1. The van der Waals surface area contributed by atoms with Crippen molar-refractivity contribution in [2.24, 2.45) is 5.73 Å². The monoisotopic (exact) mass is 296 g/mol. The molecule has 2 aromatic heterocycles. The summed E-state index contributed by atoms with van der Waals surface area (Å²) in [6.07, 6.45) is 1.76. The number of hydrogen-bond donors (Lipinski definition) is 3. The Bertz CT molecular complexity index is 917. The molecule has 7 heteroatoms. The number of fused-ring (bicyclic) bond motifs is 2. The van der Waals surface area contributed by atoms with Crippen molar-refractivity contribution in [3.05, 3.63) is 36.0 Å². The number of nitrogen functional groups attached to an aromatic ring is 1. The minimum atomic E-state index is -0.549. The predicted octanol–water partition coefficient (Wildman–Crippen LogP) is 1.64. The molecule has 0 saturated heterocycles. The highest BCUT2D eigenvalue weighted by atomic mass is 16.7. The smallest absolute Gasteiger partial charge is 0.249 e. The summed E-state index contributed by atoms with van der Waals surface area (Å²) in [6, 6.07) is 6.91. The van der Waals surface area contributed by atoms with Crippen LogP contribution in [-0.4, -0.2) is 22.7 Å². The molecule has 0 spiro atoms. The molecule has 3 aromatic rings. The van der Waals surface area contributed by atoms with E-state index in [4.69, 9.17) is 20.9 Å². The average Bonchev–Trinajstić information content (AvgIpc) is 3.12. The highest BCUT2D eigenvalue weighted by Crippen LogP contribution is 2.40. The molecule has 5 N–H and O–H groups in total. The summed E-state index contributed by atoms with van der Waals surface area (Å²) in [4.78, 5) is 19.1. The molecule has 1 aliphatic heterocycles. The minimum absolute atomic E-state index is 0.120. The van der Waals surface area contributed by atoms with Crippen LogP contribution >= 0.6 is 0 Å². The van der Waals surface area contributed by atoms with Gasteiger partial charge in [-0.05, 0) is 35.4 Å². The number of amides is 1. The van der Waals surface area contributed by atoms with Crippen molar-refractivity contribution >= 4 is 22.8 Å². The molecule has 1 aromatic carbocycles. The maximum Gasteiger partial charge on any atom is 0.249 e. The third kappa shape index (κ3) is 1.76. The van der Waals surface area contributed by atoms with E-state index in [9.17, 15) is 4.79 Å². The third-order valence-electron chi connectivity index (χ3n) is 3.62. The van der Waals surface area contributed by atoms with Gasteiger partial charge in [-0.25, -0.2) is 4.98 Å². The number of aromatic amines is 1. The van der Waals surface area contributed by atoms with Crippen molar-refractivity contribution in [3.8, 4) is 22.6 Å². The zero-order chi connectivity index (χ0) is 15.3. The third-order valence-corrected chi connectivity index (χ3v) is 3.62. The van der Waals surface area contributed by atoms with Crippen LogP contribution in [0.15, 0.2) is 30.5 Å². The van der Waals surface area contributed by atoms with Crippen LogP contribution in [-0.2, 0) is 0 Å². The topological polar surface area (TPSA) is 116 Å². The normalized spacial score (nSPS) is 12.7. The first kappa shape index (κ1) is 12.5. The molecule has 0 saturated carbocycles. The van der Waals surface area contributed by atoms with E-state index in [2.05, 4.69) is 9.97 Å². The van der Waals surface area contributed by atoms with Crippen LogP contribution in [0.4, 0.5) is 5.82 Å². The minimum Gasteiger partial charge on any atom is -0.454 e. The fraction of sp³-hybridized carbons (Fsp3) is 0.0667. The molecule has 110 valence electrons. The van der Waals surface area contributed by atoms with Crippen LogP contribution in [0.25, 0.3) is 22.2 Å². The van der Waals surface area contributed by atoms with Crippen molar-refractivity contribution in [1.29, 1.82) is 0 Å². The summed E-state index contributed by atoms with van der Waals surface area (Å²) in [5, 5.41) is 0.843. The van der Waals surface area contributed by atoms with Gasteiger partial charge in [0.25, 0.3) is 0 Å². The number of rotatable bonds is 2. The van der Waals surface area contributed by atoms with E-state index in [1.54, 1.807) is 24.4 Å². The fourth-order valence-electron chi connectivity index (χ4n) is 2.65. The van der Waals surface area contributed by atoms with Gasteiger partial charge in [-0.1, -0.05) is 0 Å². The molecule has 3 heterocycles. The van der Waals surface area contributed by atoms with Crippen LogP contribution in [0.5, 0.6) is 11.5 Å². The molecule has 0 bridgehead atoms. The number of primary amides is 1. The van der Waals surface area contributed by atoms with Crippen molar-refractivity contribution < 1.29 is 14.3 Å². The molecule has 22 heavy (non-hydrogen) atoms. The standard InChI is InChI=1S/C15H12N4O3/c16-13-5-9(7-1-2-18-15(7)19-13)8-3-11-12(22-6-21-11)4-10(8)14(17)20/h1-5H,6H2,(H2,17,20)(H3,16,18,19). The van der Waals surface area contributed by atoms with Gasteiger partial charge in [-0.15, -0.1) is 0 Å². The first-order chi connectivity index (χ1) is 10.6. The first-order valence-electron chi connectivity index (χ1n) is 6.61. The van der Waals surface area contributed by atoms with Gasteiger partial charge in [0.05, 0.1) is 5.56 Å². The Kier molecular flexibility index (Phi) is 2.50. The Labute approximate surface area is 124 Å². The van der Waals surface area contributed by atoms with Crippen molar-refractivity contribution in [1.82, 2.24) is 9.97 Å². The number of nitrogens with one attached hydrogen (secondary N) is 1. The van der Waals surface area contributed by atoms with Crippen LogP contribution < -0.4 is 20.9 Å². The van der Waals surface area contributed by atoms with Crippen LogP contribution in [0, 0.1) is 0 Å². The largest absolute Gasteiger partial charge is 0.454 e. The van der Waals surface area contributed by atoms with Gasteiger partial charge in [0.2, 0.25) is 12.7 Å². The zero-order valence-electron chi connectivity index (χ0n) is 11.4. The zero-order valence-corrected chi connectivity index (χ0v) is 11.4. The molecule has 1 amide bonds. The van der Waals surface area contributed by atoms with Gasteiger partial charge < -0.3 is 25.9 Å². The van der Waals surface area contributed by atoms with E-state index in [1.165, 1.54) is 0 Å². The summed E-state index contributed by atoms with van der Waals surface area (Å²) in [7, 11) is 0. The maximum atomic E-state index is 11.8. The summed E-state index contributed by atoms with van der Waals surface area (Å²) >= 11 is 0. The fourth-order valence-corrected chi connectivity index (χ4v) is 2.65. The molecule has 0 atom stereocenters. The molecule has 0 fully saturated rings. The molecule has 0 aliphatic carbocycles. The number of pyridine rings is 1. The number of nitrogens with zero attached hydrogens (tertiary/aromatic N) is 1. The van der Waals surface area contributed by atoms with Crippen LogP contribution in [0.1, 0.15) is 10.4 Å². The van der Waals surface area contributed by atoms with E-state index in [-0.39, 0.29) is 6.79 Å². The summed E-state index contributed by atoms with van der Waals surface area (Å²) in [5.41, 5.74) is 13.8. The Hall–Kier alpha value is -3.22. The predicted molar refractivity (Wildman–Crippen MR) is 80.6 cm³/mol. The number of anilines is 1. The lowest BCUT2D eigenvalue weighted by atomic mass is 9.97. The van der Waals surface area contributed by atoms with E-state index >= 15 is 0 Å². The number of H-pyrrole nitrogens is 1. The average molecular weight is 296 g/mol. The Morgan fingerprint density at radius 1 is 1.18 bits per heavy atom. The van der Waals surface area contributed by atoms with Gasteiger partial charge >= 0.3 is 0 Å². The van der Waals surface area contributed by atoms with E-state index < -0.39 is 5.91 Å². The number of hydrogen-bond acceptors (Lipinski definition) is 5. The summed E-state index contributed by atoms with van der Waals surface area (Å²) in [5.74, 6) is 0.870. The van der Waals surface area contributed by atoms with Gasteiger partial charge in [0, 0.05) is 11.6 Å². The molecular weight excluding hydrogens is 284 g/mol. The van der Waals surface area contributed by atoms with Crippen LogP contribution in [0.2, 0.25) is 0 Å². The number of aromatic nitrogens is 2. The van der Waals surface area contributed by atoms with Gasteiger partial charge in [-0.2, -0.15) is 0 Å². The van der Waals surface area contributed by atoms with Crippen molar-refractivity contribution in [3.63, 3.8) is 0 Å². The molecule has 1 aliphatic rings. The second-order valence-corrected chi connectivity index (χ2v) is 4.95. The highest BCUT2D eigenvalue weighted by molar-refractivity contribution is 6.05. The molecule has 0 unspecified atom stereocenters. The highest BCUT2D eigenvalue weighted by Gasteiger charge is 2.22. The molecular formula is C15H12N4O3. The second-order valence-electron chi connectivity index (χ2n) is 4.95. The van der Waals surface area contributed by atoms with Crippen molar-refractivity contribution in [2.75, 3.05) is 12.5 Å². The van der Waals surface area contributed by atoms with Crippen LogP contribution in [0.3, 0.4) is 0 Å². The SMILES string of the molecule is NC(=O)c1cc2c(cc1-c1cc(N)nc3[nH]ccc13)OCO2. The molecule has 0 radical (unpaired) electrons. The summed E-state index contributed by atoms with van der Waals surface area (Å²) in [6.45, 7) is 0.120. The lowest BCUT2D eigenvalue weighted by Gasteiger charge is -2.10. The maximum absolute atomic E-state index is 11.8. The Balaban J connectivity index is 2.05. The van der Waals surface area contributed by atoms with E-state index in [0.717, 1.165) is 10.9 Å². The lowest BCUT2D eigenvalue weighted by Crippen LogP contribution is -2.12.